The van der Waals surface area contributed by atoms with Crippen molar-refractivity contribution in [2.24, 2.45) is 17.3 Å². The van der Waals surface area contributed by atoms with Gasteiger partial charge >= 0.3 is 0 Å². The van der Waals surface area contributed by atoms with Crippen LogP contribution < -0.4 is 4.90 Å². The van der Waals surface area contributed by atoms with Crippen molar-refractivity contribution in [3.63, 3.8) is 0 Å². The van der Waals surface area contributed by atoms with E-state index < -0.39 is 0 Å². The number of hydrogen-bond donors (Lipinski definition) is 2. The van der Waals surface area contributed by atoms with E-state index in [0.717, 1.165) is 25.2 Å². The summed E-state index contributed by atoms with van der Waals surface area (Å²) in [6.07, 6.45) is 0.922. The van der Waals surface area contributed by atoms with E-state index in [0.29, 0.717) is 18.4 Å². The van der Waals surface area contributed by atoms with Gasteiger partial charge in [0.2, 0.25) is 5.91 Å². The molecule has 124 valence electrons. The highest BCUT2D eigenvalue weighted by molar-refractivity contribution is 5.97. The number of carbonyl (C=O) groups excluding carboxylic acids is 1. The number of amides is 1. The van der Waals surface area contributed by atoms with Crippen LogP contribution in [0, 0.1) is 17.3 Å². The van der Waals surface area contributed by atoms with Gasteiger partial charge in [-0.05, 0) is 36.8 Å². The average molecular weight is 316 g/mol. The SMILES string of the molecule is CC1Cc2ccccc2N1C(=O)CN1CC2C(C1)C2(CO)CO. The molecular formula is C18H24N2O3. The van der Waals surface area contributed by atoms with Crippen LogP contribution in [0.1, 0.15) is 12.5 Å². The van der Waals surface area contributed by atoms with E-state index in [2.05, 4.69) is 17.9 Å². The molecule has 3 aliphatic rings. The van der Waals surface area contributed by atoms with Crippen molar-refractivity contribution in [2.75, 3.05) is 37.7 Å². The first-order valence-corrected chi connectivity index (χ1v) is 8.45. The standard InChI is InChI=1S/C18H24N2O3/c1-12-6-13-4-2-3-5-16(13)20(12)17(23)9-19-7-14-15(8-19)18(14,10-21)11-22/h2-5,12,14-15,21-22H,6-11H2,1H3. The molecule has 1 amide bonds. The summed E-state index contributed by atoms with van der Waals surface area (Å²) >= 11 is 0. The summed E-state index contributed by atoms with van der Waals surface area (Å²) in [4.78, 5) is 16.9. The third kappa shape index (κ3) is 2.14. The molecule has 1 saturated carbocycles. The minimum atomic E-state index is -0.285. The molecule has 23 heavy (non-hydrogen) atoms. The summed E-state index contributed by atoms with van der Waals surface area (Å²) in [5.41, 5.74) is 2.01. The number of piperidine rings is 1. The van der Waals surface area contributed by atoms with E-state index in [1.54, 1.807) is 0 Å². The molecule has 2 aliphatic heterocycles. The minimum Gasteiger partial charge on any atom is -0.396 e. The minimum absolute atomic E-state index is 0.0527. The van der Waals surface area contributed by atoms with Gasteiger partial charge in [0, 0.05) is 30.2 Å². The van der Waals surface area contributed by atoms with Crippen molar-refractivity contribution in [2.45, 2.75) is 19.4 Å². The number of rotatable bonds is 4. The molecule has 2 fully saturated rings. The zero-order valence-corrected chi connectivity index (χ0v) is 13.5. The Balaban J connectivity index is 1.41. The van der Waals surface area contributed by atoms with Crippen molar-refractivity contribution in [3.8, 4) is 0 Å². The van der Waals surface area contributed by atoms with Gasteiger partial charge in [-0.25, -0.2) is 0 Å². The summed E-state index contributed by atoms with van der Waals surface area (Å²) < 4.78 is 0. The van der Waals surface area contributed by atoms with Crippen molar-refractivity contribution < 1.29 is 15.0 Å². The van der Waals surface area contributed by atoms with Gasteiger partial charge in [0.15, 0.2) is 0 Å². The van der Waals surface area contributed by atoms with E-state index in [9.17, 15) is 15.0 Å². The summed E-state index contributed by atoms with van der Waals surface area (Å²) in [6, 6.07) is 8.35. The number of nitrogens with zero attached hydrogens (tertiary/aromatic N) is 2. The van der Waals surface area contributed by atoms with Gasteiger partial charge in [0.05, 0.1) is 19.8 Å². The second-order valence-corrected chi connectivity index (χ2v) is 7.40. The van der Waals surface area contributed by atoms with Crippen molar-refractivity contribution in [1.29, 1.82) is 0 Å². The first kappa shape index (κ1) is 15.1. The highest BCUT2D eigenvalue weighted by Crippen LogP contribution is 2.61. The number of para-hydroxylation sites is 1. The largest absolute Gasteiger partial charge is 0.396 e. The fourth-order valence-corrected chi connectivity index (χ4v) is 4.78. The van der Waals surface area contributed by atoms with Crippen molar-refractivity contribution in [3.05, 3.63) is 29.8 Å². The third-order valence-corrected chi connectivity index (χ3v) is 6.19. The van der Waals surface area contributed by atoms with Crippen molar-refractivity contribution in [1.82, 2.24) is 4.90 Å². The molecule has 1 aromatic carbocycles. The molecule has 0 aromatic heterocycles. The van der Waals surface area contributed by atoms with Gasteiger partial charge in [-0.1, -0.05) is 18.2 Å². The molecule has 5 heteroatoms. The molecular weight excluding hydrogens is 292 g/mol. The quantitative estimate of drug-likeness (QED) is 0.849. The normalized spacial score (nSPS) is 31.1. The van der Waals surface area contributed by atoms with Crippen LogP contribution in [0.5, 0.6) is 0 Å². The number of likely N-dealkylation sites (tertiary alicyclic amines) is 1. The Hall–Kier alpha value is -1.43. The van der Waals surface area contributed by atoms with E-state index in [1.807, 2.05) is 23.1 Å². The van der Waals surface area contributed by atoms with Crippen LogP contribution >= 0.6 is 0 Å². The summed E-state index contributed by atoms with van der Waals surface area (Å²) in [7, 11) is 0. The lowest BCUT2D eigenvalue weighted by Gasteiger charge is -2.28. The predicted octanol–water partition coefficient (Wildman–Crippen LogP) is 0.497. The average Bonchev–Trinajstić information content (AvgIpc) is 2.86. The number of carbonyl (C=O) groups is 1. The number of anilines is 1. The Morgan fingerprint density at radius 2 is 1.87 bits per heavy atom. The third-order valence-electron chi connectivity index (χ3n) is 6.19. The fraction of sp³-hybridized carbons (Fsp3) is 0.611. The Labute approximate surface area is 136 Å². The Kier molecular flexibility index (Phi) is 3.48. The predicted molar refractivity (Wildman–Crippen MR) is 87.1 cm³/mol. The van der Waals surface area contributed by atoms with Gasteiger partial charge in [-0.2, -0.15) is 0 Å². The highest BCUT2D eigenvalue weighted by Gasteiger charge is 2.67. The zero-order valence-electron chi connectivity index (χ0n) is 13.5. The fourth-order valence-electron chi connectivity index (χ4n) is 4.78. The van der Waals surface area contributed by atoms with Crippen LogP contribution in [0.2, 0.25) is 0 Å². The van der Waals surface area contributed by atoms with Gasteiger partial charge in [0.1, 0.15) is 0 Å². The van der Waals surface area contributed by atoms with Crippen LogP contribution in [0.25, 0.3) is 0 Å². The molecule has 2 N–H and O–H groups in total. The van der Waals surface area contributed by atoms with Crippen LogP contribution in [0.3, 0.4) is 0 Å². The molecule has 4 rings (SSSR count). The molecule has 5 nitrogen and oxygen atoms in total. The lowest BCUT2D eigenvalue weighted by Crippen LogP contribution is -2.44. The van der Waals surface area contributed by atoms with Crippen LogP contribution in [-0.4, -0.2) is 59.9 Å². The molecule has 3 unspecified atom stereocenters. The summed E-state index contributed by atoms with van der Waals surface area (Å²) in [5, 5.41) is 19.0. The van der Waals surface area contributed by atoms with Gasteiger partial charge < -0.3 is 15.1 Å². The first-order valence-electron chi connectivity index (χ1n) is 8.45. The van der Waals surface area contributed by atoms with E-state index in [-0.39, 0.29) is 30.6 Å². The molecule has 0 bridgehead atoms. The lowest BCUT2D eigenvalue weighted by molar-refractivity contribution is -0.120. The lowest BCUT2D eigenvalue weighted by atomic mass is 10.0. The summed E-state index contributed by atoms with van der Waals surface area (Å²) in [5.74, 6) is 0.838. The number of fused-ring (bicyclic) bond motifs is 2. The van der Waals surface area contributed by atoms with Crippen LogP contribution in [-0.2, 0) is 11.2 Å². The number of benzene rings is 1. The molecule has 1 aromatic rings. The molecule has 2 heterocycles. The van der Waals surface area contributed by atoms with E-state index in [4.69, 9.17) is 0 Å². The molecule has 3 atom stereocenters. The number of aliphatic hydroxyl groups excluding tert-OH is 2. The highest BCUT2D eigenvalue weighted by atomic mass is 16.3. The number of aliphatic hydroxyl groups is 2. The Morgan fingerprint density at radius 3 is 2.52 bits per heavy atom. The molecule has 1 aliphatic carbocycles. The van der Waals surface area contributed by atoms with Crippen LogP contribution in [0.4, 0.5) is 5.69 Å². The molecule has 0 radical (unpaired) electrons. The zero-order chi connectivity index (χ0) is 16.2. The van der Waals surface area contributed by atoms with Crippen LogP contribution in [0.15, 0.2) is 24.3 Å². The molecule has 0 spiro atoms. The smallest absolute Gasteiger partial charge is 0.241 e. The second kappa shape index (κ2) is 5.30. The second-order valence-electron chi connectivity index (χ2n) is 7.40. The van der Waals surface area contributed by atoms with E-state index in [1.165, 1.54) is 5.56 Å². The molecule has 1 saturated heterocycles. The Bertz CT molecular complexity index is 614. The van der Waals surface area contributed by atoms with Gasteiger partial charge in [-0.3, -0.25) is 9.69 Å². The Morgan fingerprint density at radius 1 is 1.22 bits per heavy atom. The first-order chi connectivity index (χ1) is 11.1. The van der Waals surface area contributed by atoms with E-state index >= 15 is 0 Å². The monoisotopic (exact) mass is 316 g/mol. The number of hydrogen-bond acceptors (Lipinski definition) is 4. The maximum absolute atomic E-state index is 12.8. The maximum atomic E-state index is 12.8. The maximum Gasteiger partial charge on any atom is 0.241 e. The van der Waals surface area contributed by atoms with Gasteiger partial charge in [0.25, 0.3) is 0 Å². The van der Waals surface area contributed by atoms with Gasteiger partial charge in [-0.15, -0.1) is 0 Å². The summed E-state index contributed by atoms with van der Waals surface area (Å²) in [6.45, 7) is 4.25. The van der Waals surface area contributed by atoms with Crippen molar-refractivity contribution >= 4 is 11.6 Å². The topological polar surface area (TPSA) is 64.0 Å².